The molecule has 0 aliphatic carbocycles. The van der Waals surface area contributed by atoms with Crippen LogP contribution in [0, 0.1) is 0 Å². The lowest BCUT2D eigenvalue weighted by Crippen LogP contribution is -2.00. The van der Waals surface area contributed by atoms with Crippen molar-refractivity contribution in [2.75, 3.05) is 0 Å². The molecule has 28 aromatic rings. The maximum atomic E-state index is 6.49. The van der Waals surface area contributed by atoms with Gasteiger partial charge in [-0.2, -0.15) is 0 Å². The molecule has 0 saturated carbocycles. The predicted octanol–water partition coefficient (Wildman–Crippen LogP) is 32.8. The fourth-order valence-corrected chi connectivity index (χ4v) is 20.2. The highest BCUT2D eigenvalue weighted by Crippen LogP contribution is 2.46. The van der Waals surface area contributed by atoms with Crippen LogP contribution in [0.1, 0.15) is 0 Å². The van der Waals surface area contributed by atoms with E-state index in [9.17, 15) is 0 Å². The van der Waals surface area contributed by atoms with E-state index in [0.717, 1.165) is 204 Å². The Morgan fingerprint density at radius 1 is 0.157 bits per heavy atom. The van der Waals surface area contributed by atoms with Crippen LogP contribution in [0.15, 0.2) is 468 Å². The second-order valence-electron chi connectivity index (χ2n) is 34.6. The van der Waals surface area contributed by atoms with Crippen molar-refractivity contribution in [2.24, 2.45) is 0 Å². The summed E-state index contributed by atoms with van der Waals surface area (Å²) < 4.78 is 21.9. The first kappa shape index (κ1) is 81.9. The number of fused-ring (bicyclic) bond motifs is 19. The Morgan fingerprint density at radius 2 is 0.443 bits per heavy atom. The third kappa shape index (κ3) is 15.3. The van der Waals surface area contributed by atoms with Gasteiger partial charge < -0.3 is 13.3 Å². The molecule has 0 atom stereocenters. The summed E-state index contributed by atoms with van der Waals surface area (Å²) in [4.78, 5) is 54.9. The van der Waals surface area contributed by atoms with Crippen molar-refractivity contribution in [3.63, 3.8) is 0 Å². The zero-order valence-electron chi connectivity index (χ0n) is 74.9. The quantitative estimate of drug-likeness (QED) is 0.0994. The molecular formula is C125H75N11O3S. The molecule has 0 bridgehead atoms. The number of thiophene rings is 1. The SMILES string of the molecule is c1ccc(-c2nc(-c3ccc4ccc5ccc6nc(-c7ccccc7)oc6c5c4c3)nc(-c3cccc4sc5ccccc5c34)n2)cc1.c1ccc(-c2nc(-c3ccccc3)nc(-c3cccc(-c4ccc5ccc6ccc7nc(-c8ccccc8)oc7c6c5c4)c3)n2)cc1.c1ccc(-c2nc3ccc4ccc5ccc(-c6ccc7nc(-c8ccccc8)c(-c8ccccc8)nc7c6)cc5c4c3o2)cc1. The smallest absolute Gasteiger partial charge is 0.227 e. The molecule has 15 heteroatoms. The van der Waals surface area contributed by atoms with Crippen molar-refractivity contribution in [3.05, 3.63) is 455 Å². The van der Waals surface area contributed by atoms with Crippen molar-refractivity contribution >= 4 is 140 Å². The summed E-state index contributed by atoms with van der Waals surface area (Å²) in [6.07, 6.45) is 0. The van der Waals surface area contributed by atoms with Crippen LogP contribution >= 0.6 is 11.3 Å². The molecule has 0 saturated heterocycles. The summed E-state index contributed by atoms with van der Waals surface area (Å²) in [5, 5.41) is 15.5. The van der Waals surface area contributed by atoms with Crippen LogP contribution in [-0.4, -0.2) is 54.8 Å². The van der Waals surface area contributed by atoms with Crippen LogP contribution < -0.4 is 0 Å². The fraction of sp³-hybridized carbons (Fsp3) is 0. The lowest BCUT2D eigenvalue weighted by Gasteiger charge is -2.12. The van der Waals surface area contributed by atoms with Gasteiger partial charge in [0, 0.05) is 97.5 Å². The standard InChI is InChI=1S/C42H24N4OS.C42H26N4O.C41H25N3O/c1-3-10-27(11-4-1)39-44-40(46-41(45-39)31-15-9-17-35-37(31)30-14-7-8-16-34(30)48-35)29-21-19-25-18-20-26-22-23-33-38(36(26)32(25)24-29)47-42(43-33)28-12-5-2-6-13-28;1-4-11-29(12-5-1)39-44-40(30-13-6-2-7-14-30)46-41(45-39)34-18-10-17-32(25-34)33-22-20-27-19-21-28-23-24-36-38(37(28)35(27)26-33)47-42(43-36)31-15-8-3-9-16-31;1-4-10-28(11-5-1)38-39(29-12-6-2-7-13-29)43-36-25-32(21-22-34(36)42-38)31-19-17-26-16-18-27-20-23-35-40(37(27)33(26)24-31)45-41(44-35)30-14-8-3-9-15-30/h1-24H;1-26H;1-25H. The van der Waals surface area contributed by atoms with E-state index in [1.165, 1.54) is 20.2 Å². The zero-order valence-corrected chi connectivity index (χ0v) is 75.7. The molecule has 140 heavy (non-hydrogen) atoms. The van der Waals surface area contributed by atoms with Crippen molar-refractivity contribution in [3.8, 4) is 147 Å². The molecule has 7 aromatic heterocycles. The Kier molecular flexibility index (Phi) is 20.4. The Labute approximate surface area is 805 Å². The van der Waals surface area contributed by atoms with Crippen molar-refractivity contribution in [1.82, 2.24) is 54.8 Å². The van der Waals surface area contributed by atoms with Gasteiger partial charge in [0.25, 0.3) is 0 Å². The zero-order chi connectivity index (χ0) is 92.5. The normalized spacial score (nSPS) is 11.6. The molecular weight excluding hydrogens is 1740 g/mol. The molecule has 28 rings (SSSR count). The van der Waals surface area contributed by atoms with E-state index in [0.29, 0.717) is 52.6 Å². The highest BCUT2D eigenvalue weighted by Gasteiger charge is 2.24. The molecule has 0 aliphatic rings. The van der Waals surface area contributed by atoms with E-state index >= 15 is 0 Å². The number of hydrogen-bond acceptors (Lipinski definition) is 15. The maximum Gasteiger partial charge on any atom is 0.227 e. The summed E-state index contributed by atoms with van der Waals surface area (Å²) in [6.45, 7) is 0. The number of hydrogen-bond donors (Lipinski definition) is 0. The fourth-order valence-electron chi connectivity index (χ4n) is 19.1. The molecule has 21 aromatic carbocycles. The molecule has 0 spiro atoms. The molecule has 0 unspecified atom stereocenters. The number of aromatic nitrogens is 11. The van der Waals surface area contributed by atoms with Gasteiger partial charge in [-0.1, -0.05) is 352 Å². The first-order valence-corrected chi connectivity index (χ1v) is 47.2. The molecule has 0 N–H and O–H groups in total. The first-order chi connectivity index (χ1) is 69.3. The molecule has 0 radical (unpaired) electrons. The molecule has 7 heterocycles. The van der Waals surface area contributed by atoms with Crippen LogP contribution in [0.25, 0.3) is 277 Å². The summed E-state index contributed by atoms with van der Waals surface area (Å²) in [7, 11) is 0. The molecule has 14 nitrogen and oxygen atoms in total. The Balaban J connectivity index is 0.000000108. The van der Waals surface area contributed by atoms with Gasteiger partial charge >= 0.3 is 0 Å². The number of oxazole rings is 3. The van der Waals surface area contributed by atoms with Gasteiger partial charge in [0.15, 0.2) is 51.7 Å². The van der Waals surface area contributed by atoms with E-state index in [-0.39, 0.29) is 0 Å². The minimum atomic E-state index is 0.607. The number of benzene rings is 21. The summed E-state index contributed by atoms with van der Waals surface area (Å²) in [6, 6.07) is 156. The summed E-state index contributed by atoms with van der Waals surface area (Å²) >= 11 is 1.79. The highest BCUT2D eigenvalue weighted by molar-refractivity contribution is 7.26. The van der Waals surface area contributed by atoms with E-state index in [2.05, 4.69) is 218 Å². The Hall–Kier alpha value is -18.8. The van der Waals surface area contributed by atoms with E-state index in [1.54, 1.807) is 11.3 Å². The van der Waals surface area contributed by atoms with Gasteiger partial charge in [-0.15, -0.1) is 11.3 Å². The number of nitrogens with zero attached hydrogens (tertiary/aromatic N) is 11. The summed E-state index contributed by atoms with van der Waals surface area (Å²) in [5.41, 5.74) is 23.3. The second kappa shape index (κ2) is 34.9. The maximum absolute atomic E-state index is 6.49. The topological polar surface area (TPSA) is 181 Å². The minimum absolute atomic E-state index is 0.607. The van der Waals surface area contributed by atoms with Gasteiger partial charge in [0.05, 0.1) is 22.4 Å². The first-order valence-electron chi connectivity index (χ1n) is 46.4. The molecule has 0 amide bonds. The van der Waals surface area contributed by atoms with E-state index in [4.69, 9.17) is 68.1 Å². The van der Waals surface area contributed by atoms with Gasteiger partial charge in [0.2, 0.25) is 17.7 Å². The van der Waals surface area contributed by atoms with Gasteiger partial charge in [-0.05, 0) is 174 Å². The lowest BCUT2D eigenvalue weighted by molar-refractivity contribution is 0.623. The van der Waals surface area contributed by atoms with Gasteiger partial charge in [-0.25, -0.2) is 54.8 Å². The van der Waals surface area contributed by atoms with Crippen LogP contribution in [0.3, 0.4) is 0 Å². The van der Waals surface area contributed by atoms with Crippen LogP contribution in [-0.2, 0) is 0 Å². The lowest BCUT2D eigenvalue weighted by atomic mass is 9.96. The summed E-state index contributed by atoms with van der Waals surface area (Å²) in [5.74, 6) is 5.67. The van der Waals surface area contributed by atoms with E-state index in [1.807, 2.05) is 237 Å². The predicted molar refractivity (Wildman–Crippen MR) is 570 cm³/mol. The third-order valence-corrected chi connectivity index (χ3v) is 27.1. The monoisotopic (exact) mass is 1810 g/mol. The van der Waals surface area contributed by atoms with Crippen LogP contribution in [0.5, 0.6) is 0 Å². The molecule has 654 valence electrons. The Morgan fingerprint density at radius 3 is 0.879 bits per heavy atom. The molecule has 0 aliphatic heterocycles. The van der Waals surface area contributed by atoms with Crippen molar-refractivity contribution in [1.29, 1.82) is 0 Å². The van der Waals surface area contributed by atoms with Crippen molar-refractivity contribution in [2.45, 2.75) is 0 Å². The highest BCUT2D eigenvalue weighted by atomic mass is 32.1. The molecule has 0 fully saturated rings. The average molecular weight is 1810 g/mol. The second-order valence-corrected chi connectivity index (χ2v) is 35.7. The van der Waals surface area contributed by atoms with Gasteiger partial charge in [0.1, 0.15) is 16.6 Å². The third-order valence-electron chi connectivity index (χ3n) is 25.9. The van der Waals surface area contributed by atoms with Crippen LogP contribution in [0.2, 0.25) is 0 Å². The minimum Gasteiger partial charge on any atom is -0.435 e. The van der Waals surface area contributed by atoms with Gasteiger partial charge in [-0.3, -0.25) is 0 Å². The number of rotatable bonds is 13. The largest absolute Gasteiger partial charge is 0.435 e. The van der Waals surface area contributed by atoms with Crippen LogP contribution in [0.4, 0.5) is 0 Å². The average Bonchev–Trinajstić information content (AvgIpc) is 1.00. The van der Waals surface area contributed by atoms with E-state index < -0.39 is 0 Å². The van der Waals surface area contributed by atoms with Crippen molar-refractivity contribution < 1.29 is 13.3 Å². The Bertz CT molecular complexity index is 9640.